The quantitative estimate of drug-likeness (QED) is 0.637. The SMILES string of the molecule is OC1CCNC(C2=CC=CCC2)C1. The lowest BCUT2D eigenvalue weighted by atomic mass is 9.90. The molecule has 2 heteroatoms. The van der Waals surface area contributed by atoms with Gasteiger partial charge in [-0.25, -0.2) is 0 Å². The van der Waals surface area contributed by atoms with Gasteiger partial charge in [0.15, 0.2) is 0 Å². The van der Waals surface area contributed by atoms with Crippen LogP contribution in [0.1, 0.15) is 25.7 Å². The van der Waals surface area contributed by atoms with Crippen molar-refractivity contribution in [3.8, 4) is 0 Å². The molecule has 0 saturated carbocycles. The van der Waals surface area contributed by atoms with E-state index >= 15 is 0 Å². The van der Waals surface area contributed by atoms with Crippen LogP contribution < -0.4 is 5.32 Å². The summed E-state index contributed by atoms with van der Waals surface area (Å²) in [7, 11) is 0. The van der Waals surface area contributed by atoms with E-state index in [1.54, 1.807) is 0 Å². The summed E-state index contributed by atoms with van der Waals surface area (Å²) in [6, 6.07) is 0.425. The van der Waals surface area contributed by atoms with E-state index < -0.39 is 0 Å². The van der Waals surface area contributed by atoms with E-state index in [9.17, 15) is 5.11 Å². The molecule has 0 amide bonds. The van der Waals surface area contributed by atoms with Crippen LogP contribution in [-0.2, 0) is 0 Å². The highest BCUT2D eigenvalue weighted by Gasteiger charge is 2.22. The molecule has 0 aromatic heterocycles. The number of nitrogens with one attached hydrogen (secondary N) is 1. The minimum Gasteiger partial charge on any atom is -0.393 e. The highest BCUT2D eigenvalue weighted by atomic mass is 16.3. The molecule has 0 aromatic carbocycles. The molecule has 1 fully saturated rings. The Morgan fingerprint density at radius 1 is 1.46 bits per heavy atom. The highest BCUT2D eigenvalue weighted by molar-refractivity contribution is 5.23. The molecule has 72 valence electrons. The summed E-state index contributed by atoms with van der Waals surface area (Å²) < 4.78 is 0. The molecule has 13 heavy (non-hydrogen) atoms. The Morgan fingerprint density at radius 2 is 2.38 bits per heavy atom. The Kier molecular flexibility index (Phi) is 2.81. The van der Waals surface area contributed by atoms with Crippen molar-refractivity contribution < 1.29 is 5.11 Å². The number of aliphatic hydroxyl groups excluding tert-OH is 1. The van der Waals surface area contributed by atoms with Crippen LogP contribution in [0.5, 0.6) is 0 Å². The van der Waals surface area contributed by atoms with Gasteiger partial charge in [0, 0.05) is 6.04 Å². The van der Waals surface area contributed by atoms with Gasteiger partial charge in [0.05, 0.1) is 6.10 Å². The van der Waals surface area contributed by atoms with Gasteiger partial charge in [0.2, 0.25) is 0 Å². The molecule has 1 aliphatic carbocycles. The van der Waals surface area contributed by atoms with Crippen molar-refractivity contribution in [1.29, 1.82) is 0 Å². The number of allylic oxidation sites excluding steroid dienone is 3. The van der Waals surface area contributed by atoms with Crippen molar-refractivity contribution >= 4 is 0 Å². The van der Waals surface area contributed by atoms with E-state index in [-0.39, 0.29) is 6.10 Å². The Hall–Kier alpha value is -0.600. The topological polar surface area (TPSA) is 32.3 Å². The van der Waals surface area contributed by atoms with Gasteiger partial charge in [-0.3, -0.25) is 0 Å². The number of rotatable bonds is 1. The van der Waals surface area contributed by atoms with Crippen LogP contribution in [0.15, 0.2) is 23.8 Å². The van der Waals surface area contributed by atoms with E-state index in [4.69, 9.17) is 0 Å². The molecule has 2 unspecified atom stereocenters. The average Bonchev–Trinajstić information content (AvgIpc) is 2.19. The van der Waals surface area contributed by atoms with Crippen LogP contribution in [0.2, 0.25) is 0 Å². The summed E-state index contributed by atoms with van der Waals surface area (Å²) in [5.41, 5.74) is 1.46. The second-order valence-electron chi connectivity index (χ2n) is 3.89. The molecular weight excluding hydrogens is 162 g/mol. The van der Waals surface area contributed by atoms with Crippen LogP contribution >= 0.6 is 0 Å². The predicted octanol–water partition coefficient (Wildman–Crippen LogP) is 1.38. The van der Waals surface area contributed by atoms with Gasteiger partial charge in [0.25, 0.3) is 0 Å². The first-order valence-electron chi connectivity index (χ1n) is 5.13. The summed E-state index contributed by atoms with van der Waals surface area (Å²) in [6.07, 6.45) is 10.5. The van der Waals surface area contributed by atoms with E-state index in [0.29, 0.717) is 6.04 Å². The van der Waals surface area contributed by atoms with Gasteiger partial charge in [-0.15, -0.1) is 0 Å². The van der Waals surface area contributed by atoms with Crippen LogP contribution in [-0.4, -0.2) is 23.8 Å². The zero-order valence-electron chi connectivity index (χ0n) is 7.87. The van der Waals surface area contributed by atoms with Crippen molar-refractivity contribution in [3.05, 3.63) is 23.8 Å². The van der Waals surface area contributed by atoms with Crippen molar-refractivity contribution in [2.75, 3.05) is 6.54 Å². The summed E-state index contributed by atoms with van der Waals surface area (Å²) >= 11 is 0. The van der Waals surface area contributed by atoms with Crippen LogP contribution in [0.3, 0.4) is 0 Å². The fraction of sp³-hybridized carbons (Fsp3) is 0.636. The molecule has 0 radical (unpaired) electrons. The highest BCUT2D eigenvalue weighted by Crippen LogP contribution is 2.21. The molecule has 2 nitrogen and oxygen atoms in total. The molecule has 1 aliphatic heterocycles. The first kappa shape index (κ1) is 8.97. The first-order valence-corrected chi connectivity index (χ1v) is 5.13. The molecule has 1 heterocycles. The third-order valence-electron chi connectivity index (χ3n) is 2.87. The Labute approximate surface area is 79.3 Å². The largest absolute Gasteiger partial charge is 0.393 e. The number of piperidine rings is 1. The fourth-order valence-electron chi connectivity index (χ4n) is 2.09. The second-order valence-corrected chi connectivity index (χ2v) is 3.89. The molecular formula is C11H17NO. The molecule has 1 saturated heterocycles. The second kappa shape index (κ2) is 4.07. The first-order chi connectivity index (χ1) is 6.36. The maximum absolute atomic E-state index is 9.52. The Morgan fingerprint density at radius 3 is 3.08 bits per heavy atom. The van der Waals surface area contributed by atoms with E-state index in [1.165, 1.54) is 5.57 Å². The zero-order chi connectivity index (χ0) is 9.10. The van der Waals surface area contributed by atoms with E-state index in [0.717, 1.165) is 32.2 Å². The molecule has 0 spiro atoms. The zero-order valence-corrected chi connectivity index (χ0v) is 7.87. The van der Waals surface area contributed by atoms with Crippen molar-refractivity contribution in [1.82, 2.24) is 5.32 Å². The van der Waals surface area contributed by atoms with Gasteiger partial charge < -0.3 is 10.4 Å². The molecule has 2 rings (SSSR count). The summed E-state index contributed by atoms with van der Waals surface area (Å²) in [6.45, 7) is 0.951. The Balaban J connectivity index is 1.98. The minimum absolute atomic E-state index is 0.0990. The molecule has 0 bridgehead atoms. The lowest BCUT2D eigenvalue weighted by Crippen LogP contribution is -2.41. The number of hydrogen-bond acceptors (Lipinski definition) is 2. The summed E-state index contributed by atoms with van der Waals surface area (Å²) in [5.74, 6) is 0. The normalized spacial score (nSPS) is 34.4. The van der Waals surface area contributed by atoms with Crippen molar-refractivity contribution in [3.63, 3.8) is 0 Å². The van der Waals surface area contributed by atoms with Crippen molar-refractivity contribution in [2.24, 2.45) is 0 Å². The van der Waals surface area contributed by atoms with E-state index in [2.05, 4.69) is 23.5 Å². The molecule has 2 atom stereocenters. The number of hydrogen-bond donors (Lipinski definition) is 2. The van der Waals surface area contributed by atoms with Gasteiger partial charge in [0.1, 0.15) is 0 Å². The molecule has 0 aromatic rings. The smallest absolute Gasteiger partial charge is 0.0570 e. The third-order valence-corrected chi connectivity index (χ3v) is 2.87. The van der Waals surface area contributed by atoms with Gasteiger partial charge >= 0.3 is 0 Å². The Bertz CT molecular complexity index is 232. The predicted molar refractivity (Wildman–Crippen MR) is 53.5 cm³/mol. The summed E-state index contributed by atoms with van der Waals surface area (Å²) in [4.78, 5) is 0. The number of aliphatic hydroxyl groups is 1. The molecule has 2 N–H and O–H groups in total. The standard InChI is InChI=1S/C11H17NO/c13-10-6-7-12-11(8-10)9-4-2-1-3-5-9/h1-2,4,10-13H,3,5-8H2. The van der Waals surface area contributed by atoms with Crippen LogP contribution in [0.25, 0.3) is 0 Å². The van der Waals surface area contributed by atoms with Crippen LogP contribution in [0, 0.1) is 0 Å². The third kappa shape index (κ3) is 2.20. The van der Waals surface area contributed by atoms with Gasteiger partial charge in [-0.05, 0) is 32.2 Å². The van der Waals surface area contributed by atoms with Gasteiger partial charge in [-0.2, -0.15) is 0 Å². The maximum atomic E-state index is 9.52. The summed E-state index contributed by atoms with van der Waals surface area (Å²) in [5, 5.41) is 13.0. The fourth-order valence-corrected chi connectivity index (χ4v) is 2.09. The van der Waals surface area contributed by atoms with Crippen LogP contribution in [0.4, 0.5) is 0 Å². The van der Waals surface area contributed by atoms with Gasteiger partial charge in [-0.1, -0.05) is 23.8 Å². The molecule has 2 aliphatic rings. The minimum atomic E-state index is -0.0990. The lowest BCUT2D eigenvalue weighted by molar-refractivity contribution is 0.123. The van der Waals surface area contributed by atoms with E-state index in [1.807, 2.05) is 0 Å². The lowest BCUT2D eigenvalue weighted by Gasteiger charge is -2.30. The van der Waals surface area contributed by atoms with Crippen molar-refractivity contribution in [2.45, 2.75) is 37.8 Å². The monoisotopic (exact) mass is 179 g/mol. The maximum Gasteiger partial charge on any atom is 0.0570 e. The average molecular weight is 179 g/mol.